The lowest BCUT2D eigenvalue weighted by atomic mass is 10.1. The number of carbonyl (C=O) groups is 3. The van der Waals surface area contributed by atoms with Gasteiger partial charge < -0.3 is 24.0 Å². The Labute approximate surface area is 277 Å². The van der Waals surface area contributed by atoms with Gasteiger partial charge >= 0.3 is 18.0 Å². The van der Waals surface area contributed by atoms with Gasteiger partial charge in [-0.1, -0.05) is 142 Å². The average Bonchev–Trinajstić information content (AvgIpc) is 3.01. The van der Waals surface area contributed by atoms with Crippen LogP contribution in [0.2, 0.25) is 0 Å². The summed E-state index contributed by atoms with van der Waals surface area (Å²) in [4.78, 5) is 40.5. The van der Waals surface area contributed by atoms with Gasteiger partial charge in [0.25, 0.3) is 0 Å². The van der Waals surface area contributed by atoms with Crippen LogP contribution in [-0.4, -0.2) is 81.4 Å². The summed E-state index contributed by atoms with van der Waals surface area (Å²) in [5.41, 5.74) is 0. The van der Waals surface area contributed by atoms with Gasteiger partial charge in [0.2, 0.25) is 0 Å². The Balaban J connectivity index is 4.10. The van der Waals surface area contributed by atoms with Gasteiger partial charge in [-0.15, -0.1) is 0 Å². The molecular weight excluding hydrogens is 568 g/mol. The van der Waals surface area contributed by atoms with Gasteiger partial charge in [-0.3, -0.25) is 9.59 Å². The minimum atomic E-state index is -0.486. The lowest BCUT2D eigenvalue weighted by Gasteiger charge is -2.22. The van der Waals surface area contributed by atoms with Gasteiger partial charge in [-0.2, -0.15) is 0 Å². The fraction of sp³-hybridized carbons (Fsp3) is 0.919. The first-order valence-corrected chi connectivity index (χ1v) is 18.8. The van der Waals surface area contributed by atoms with Crippen LogP contribution in [0.4, 0.5) is 4.79 Å². The number of carbonyl (C=O) groups excluding carboxylic acids is 3. The fourth-order valence-corrected chi connectivity index (χ4v) is 5.25. The van der Waals surface area contributed by atoms with Crippen molar-refractivity contribution in [1.82, 2.24) is 9.80 Å². The van der Waals surface area contributed by atoms with Crippen molar-refractivity contribution in [3.05, 3.63) is 0 Å². The number of amides is 1. The van der Waals surface area contributed by atoms with E-state index in [-0.39, 0.29) is 44.8 Å². The standard InChI is InChI=1S/C37H72N2O6/c1-5-7-9-11-13-15-17-19-21-23-25-27-35(40)43-33-30-39(37(42)45-32-29-38(3)4)31-34-44-36(41)28-26-24-22-20-18-16-14-12-10-8-6-2/h5-34H2,1-4H3. The molecule has 0 N–H and O–H groups in total. The van der Waals surface area contributed by atoms with Crippen LogP contribution in [0.1, 0.15) is 168 Å². The van der Waals surface area contributed by atoms with Crippen molar-refractivity contribution >= 4 is 18.0 Å². The molecule has 0 aliphatic carbocycles. The molecule has 0 bridgehead atoms. The van der Waals surface area contributed by atoms with E-state index in [2.05, 4.69) is 13.8 Å². The lowest BCUT2D eigenvalue weighted by Crippen LogP contribution is -2.38. The van der Waals surface area contributed by atoms with Gasteiger partial charge in [-0.05, 0) is 26.9 Å². The Bertz CT molecular complexity index is 644. The largest absolute Gasteiger partial charge is 0.464 e. The molecule has 0 aromatic carbocycles. The molecule has 0 radical (unpaired) electrons. The maximum Gasteiger partial charge on any atom is 0.410 e. The zero-order chi connectivity index (χ0) is 33.2. The highest BCUT2D eigenvalue weighted by Gasteiger charge is 2.17. The highest BCUT2D eigenvalue weighted by atomic mass is 16.6. The molecule has 0 saturated heterocycles. The second-order valence-electron chi connectivity index (χ2n) is 12.9. The molecule has 0 aliphatic heterocycles. The Morgan fingerprint density at radius 2 is 0.733 bits per heavy atom. The Morgan fingerprint density at radius 3 is 1.07 bits per heavy atom. The van der Waals surface area contributed by atoms with E-state index in [0.29, 0.717) is 19.4 Å². The molecule has 0 unspecified atom stereocenters. The quantitative estimate of drug-likeness (QED) is 0.0401. The first-order valence-electron chi connectivity index (χ1n) is 18.8. The fourth-order valence-electron chi connectivity index (χ4n) is 5.25. The van der Waals surface area contributed by atoms with Crippen LogP contribution in [-0.2, 0) is 23.8 Å². The Hall–Kier alpha value is -1.83. The minimum absolute atomic E-state index is 0.104. The van der Waals surface area contributed by atoms with E-state index in [1.54, 1.807) is 0 Å². The lowest BCUT2D eigenvalue weighted by molar-refractivity contribution is -0.144. The third-order valence-electron chi connectivity index (χ3n) is 8.24. The molecule has 0 rings (SSSR count). The average molecular weight is 641 g/mol. The van der Waals surface area contributed by atoms with Crippen molar-refractivity contribution in [2.45, 2.75) is 168 Å². The van der Waals surface area contributed by atoms with Crippen molar-refractivity contribution < 1.29 is 28.6 Å². The van der Waals surface area contributed by atoms with Crippen LogP contribution in [0.25, 0.3) is 0 Å². The molecule has 266 valence electrons. The predicted octanol–water partition coefficient (Wildman–Crippen LogP) is 9.48. The smallest absolute Gasteiger partial charge is 0.410 e. The van der Waals surface area contributed by atoms with Gasteiger partial charge in [0, 0.05) is 19.4 Å². The molecule has 0 spiro atoms. The van der Waals surface area contributed by atoms with Gasteiger partial charge in [-0.25, -0.2) is 4.79 Å². The minimum Gasteiger partial charge on any atom is -0.464 e. The molecule has 0 atom stereocenters. The monoisotopic (exact) mass is 641 g/mol. The maximum absolute atomic E-state index is 12.6. The molecule has 1 amide bonds. The summed E-state index contributed by atoms with van der Waals surface area (Å²) in [6.07, 6.45) is 27.5. The topological polar surface area (TPSA) is 85.4 Å². The first kappa shape index (κ1) is 43.2. The Kier molecular flexibility index (Phi) is 32.2. The first-order chi connectivity index (χ1) is 21.9. The van der Waals surface area contributed by atoms with E-state index in [1.807, 2.05) is 19.0 Å². The second kappa shape index (κ2) is 33.5. The van der Waals surface area contributed by atoms with Crippen molar-refractivity contribution in [2.24, 2.45) is 0 Å². The molecule has 0 heterocycles. The van der Waals surface area contributed by atoms with Crippen molar-refractivity contribution in [2.75, 3.05) is 53.6 Å². The summed E-state index contributed by atoms with van der Waals surface area (Å²) in [5, 5.41) is 0. The maximum atomic E-state index is 12.6. The zero-order valence-electron chi connectivity index (χ0n) is 30.1. The zero-order valence-corrected chi connectivity index (χ0v) is 30.1. The molecule has 45 heavy (non-hydrogen) atoms. The predicted molar refractivity (Wildman–Crippen MR) is 186 cm³/mol. The summed E-state index contributed by atoms with van der Waals surface area (Å²) >= 11 is 0. The number of rotatable bonds is 33. The van der Waals surface area contributed by atoms with E-state index in [4.69, 9.17) is 14.2 Å². The van der Waals surface area contributed by atoms with Crippen molar-refractivity contribution in [1.29, 1.82) is 0 Å². The van der Waals surface area contributed by atoms with E-state index >= 15 is 0 Å². The van der Waals surface area contributed by atoms with Crippen LogP contribution in [0.15, 0.2) is 0 Å². The van der Waals surface area contributed by atoms with Crippen LogP contribution in [0, 0.1) is 0 Å². The van der Waals surface area contributed by atoms with Gasteiger partial charge in [0.1, 0.15) is 19.8 Å². The summed E-state index contributed by atoms with van der Waals surface area (Å²) in [7, 11) is 3.82. The number of hydrogen-bond donors (Lipinski definition) is 0. The molecule has 0 saturated carbocycles. The number of nitrogens with zero attached hydrogens (tertiary/aromatic N) is 2. The number of hydrogen-bond acceptors (Lipinski definition) is 7. The molecule has 8 nitrogen and oxygen atoms in total. The summed E-state index contributed by atoms with van der Waals surface area (Å²) in [6.45, 7) is 6.00. The summed E-state index contributed by atoms with van der Waals surface area (Å²) in [6, 6.07) is 0. The number of ether oxygens (including phenoxy) is 3. The third kappa shape index (κ3) is 31.9. The molecule has 0 aromatic rings. The highest BCUT2D eigenvalue weighted by Crippen LogP contribution is 2.13. The van der Waals surface area contributed by atoms with E-state index in [9.17, 15) is 14.4 Å². The number of unbranched alkanes of at least 4 members (excludes halogenated alkanes) is 20. The van der Waals surface area contributed by atoms with Crippen LogP contribution in [0.5, 0.6) is 0 Å². The van der Waals surface area contributed by atoms with Crippen molar-refractivity contribution in [3.63, 3.8) is 0 Å². The highest BCUT2D eigenvalue weighted by molar-refractivity contribution is 5.70. The molecule has 8 heteroatoms. The van der Waals surface area contributed by atoms with E-state index in [1.165, 1.54) is 108 Å². The Morgan fingerprint density at radius 1 is 0.422 bits per heavy atom. The number of esters is 2. The summed E-state index contributed by atoms with van der Waals surface area (Å²) in [5.74, 6) is -0.462. The van der Waals surface area contributed by atoms with Crippen LogP contribution < -0.4 is 0 Å². The molecular formula is C37H72N2O6. The van der Waals surface area contributed by atoms with E-state index in [0.717, 1.165) is 38.5 Å². The normalized spacial score (nSPS) is 11.1. The van der Waals surface area contributed by atoms with Crippen LogP contribution >= 0.6 is 0 Å². The molecule has 0 fully saturated rings. The second-order valence-corrected chi connectivity index (χ2v) is 12.9. The van der Waals surface area contributed by atoms with Gasteiger partial charge in [0.15, 0.2) is 0 Å². The molecule has 0 aliphatic rings. The van der Waals surface area contributed by atoms with Gasteiger partial charge in [0.05, 0.1) is 13.1 Å². The van der Waals surface area contributed by atoms with E-state index < -0.39 is 6.09 Å². The molecule has 0 aromatic heterocycles. The van der Waals surface area contributed by atoms with Crippen molar-refractivity contribution in [3.8, 4) is 0 Å². The van der Waals surface area contributed by atoms with Crippen LogP contribution in [0.3, 0.4) is 0 Å². The SMILES string of the molecule is CCCCCCCCCCCCCC(=O)OCCN(CCOC(=O)CCCCCCCCCCCCC)C(=O)OCCN(C)C. The summed E-state index contributed by atoms with van der Waals surface area (Å²) < 4.78 is 16.2. The number of likely N-dealkylation sites (N-methyl/N-ethyl adjacent to an activating group) is 1. The third-order valence-corrected chi connectivity index (χ3v) is 8.24.